The number of hydrogen-bond donors (Lipinski definition) is 2. The zero-order chi connectivity index (χ0) is 22.2. The van der Waals surface area contributed by atoms with E-state index in [0.717, 1.165) is 29.3 Å². The van der Waals surface area contributed by atoms with Crippen molar-refractivity contribution in [1.82, 2.24) is 9.71 Å². The summed E-state index contributed by atoms with van der Waals surface area (Å²) < 4.78 is 67.0. The number of nitrogens with two attached hydrogens (primary N) is 1. The summed E-state index contributed by atoms with van der Waals surface area (Å²) >= 11 is 0. The average Bonchev–Trinajstić information content (AvgIpc) is 2.67. The Balaban J connectivity index is 1.94. The highest BCUT2D eigenvalue weighted by molar-refractivity contribution is 7.89. The van der Waals surface area contributed by atoms with Gasteiger partial charge in [-0.05, 0) is 66.9 Å². The molecule has 3 rings (SSSR count). The monoisotopic (exact) mass is 435 g/mol. The van der Waals surface area contributed by atoms with E-state index in [-0.39, 0.29) is 0 Å². The lowest BCUT2D eigenvalue weighted by Gasteiger charge is -2.27. The van der Waals surface area contributed by atoms with Crippen molar-refractivity contribution in [2.45, 2.75) is 30.5 Å². The van der Waals surface area contributed by atoms with Gasteiger partial charge in [0.05, 0.1) is 16.0 Å². The van der Waals surface area contributed by atoms with Crippen LogP contribution in [0, 0.1) is 0 Å². The van der Waals surface area contributed by atoms with Crippen LogP contribution >= 0.6 is 0 Å². The third-order valence-electron chi connectivity index (χ3n) is 4.56. The zero-order valence-electron chi connectivity index (χ0n) is 16.2. The van der Waals surface area contributed by atoms with Gasteiger partial charge in [-0.15, -0.1) is 0 Å². The minimum absolute atomic E-state index is 0.349. The molecule has 1 aromatic heterocycles. The normalized spacial score (nSPS) is 12.7. The highest BCUT2D eigenvalue weighted by atomic mass is 32.2. The number of pyridine rings is 1. The second kappa shape index (κ2) is 7.73. The number of rotatable bonds is 5. The van der Waals surface area contributed by atoms with E-state index >= 15 is 0 Å². The Morgan fingerprint density at radius 2 is 1.53 bits per heavy atom. The van der Waals surface area contributed by atoms with E-state index in [0.29, 0.717) is 17.4 Å². The number of sulfonamides is 1. The second-order valence-electron chi connectivity index (χ2n) is 7.31. The van der Waals surface area contributed by atoms with Gasteiger partial charge in [0.15, 0.2) is 0 Å². The topological polar surface area (TPSA) is 85.1 Å². The predicted octanol–water partition coefficient (Wildman–Crippen LogP) is 4.56. The van der Waals surface area contributed by atoms with Crippen LogP contribution in [0.25, 0.3) is 11.1 Å². The van der Waals surface area contributed by atoms with E-state index in [1.807, 2.05) is 6.07 Å². The van der Waals surface area contributed by atoms with Crippen LogP contribution in [0.1, 0.15) is 25.0 Å². The zero-order valence-corrected chi connectivity index (χ0v) is 17.1. The van der Waals surface area contributed by atoms with Gasteiger partial charge in [-0.1, -0.05) is 24.3 Å². The van der Waals surface area contributed by atoms with Crippen LogP contribution in [0.15, 0.2) is 71.8 Å². The lowest BCUT2D eigenvalue weighted by Crippen LogP contribution is -2.41. The summed E-state index contributed by atoms with van der Waals surface area (Å²) in [6.45, 7) is 3.27. The molecule has 1 heterocycles. The van der Waals surface area contributed by atoms with Crippen molar-refractivity contribution < 1.29 is 21.6 Å². The van der Waals surface area contributed by atoms with Gasteiger partial charge in [0, 0.05) is 6.20 Å². The molecule has 0 saturated carbocycles. The van der Waals surface area contributed by atoms with Crippen molar-refractivity contribution in [2.75, 3.05) is 5.73 Å². The third-order valence-corrected chi connectivity index (χ3v) is 6.21. The Kier molecular flexibility index (Phi) is 5.62. The molecule has 9 heteroatoms. The molecule has 0 unspecified atom stereocenters. The van der Waals surface area contributed by atoms with E-state index in [2.05, 4.69) is 9.71 Å². The van der Waals surface area contributed by atoms with Crippen molar-refractivity contribution in [2.24, 2.45) is 0 Å². The van der Waals surface area contributed by atoms with E-state index in [1.165, 1.54) is 0 Å². The molecule has 3 aromatic rings. The molecule has 0 bridgehead atoms. The average molecular weight is 435 g/mol. The van der Waals surface area contributed by atoms with E-state index < -0.39 is 32.2 Å². The molecule has 5 nitrogen and oxygen atoms in total. The lowest BCUT2D eigenvalue weighted by atomic mass is 9.92. The Morgan fingerprint density at radius 1 is 0.900 bits per heavy atom. The first-order valence-electron chi connectivity index (χ1n) is 8.92. The number of nitrogen functional groups attached to an aromatic ring is 1. The molecule has 0 radical (unpaired) electrons. The van der Waals surface area contributed by atoms with Crippen LogP contribution in [0.5, 0.6) is 0 Å². The number of nitrogens with one attached hydrogen (secondary N) is 1. The first-order chi connectivity index (χ1) is 13.9. The van der Waals surface area contributed by atoms with Gasteiger partial charge >= 0.3 is 6.18 Å². The largest absolute Gasteiger partial charge is 0.416 e. The van der Waals surface area contributed by atoms with Crippen molar-refractivity contribution in [1.29, 1.82) is 0 Å². The molecule has 0 aliphatic rings. The number of anilines is 1. The fourth-order valence-corrected chi connectivity index (χ4v) is 4.46. The molecule has 0 saturated heterocycles. The number of hydrogen-bond acceptors (Lipinski definition) is 4. The van der Waals surface area contributed by atoms with Gasteiger partial charge in [-0.3, -0.25) is 0 Å². The van der Waals surface area contributed by atoms with Crippen molar-refractivity contribution in [3.63, 3.8) is 0 Å². The Labute approximate surface area is 172 Å². The first kappa shape index (κ1) is 21.8. The molecule has 30 heavy (non-hydrogen) atoms. The molecule has 0 aliphatic carbocycles. The molecule has 0 spiro atoms. The smallest absolute Gasteiger partial charge is 0.384 e. The SMILES string of the molecule is CC(C)(NS(=O)(=O)c1cccc(C(F)(F)F)c1)c1cccc(-c2ccnc(N)c2)c1. The van der Waals surface area contributed by atoms with Gasteiger partial charge in [0.1, 0.15) is 5.82 Å². The van der Waals surface area contributed by atoms with Crippen LogP contribution in [-0.4, -0.2) is 13.4 Å². The molecular weight excluding hydrogens is 415 g/mol. The molecule has 0 atom stereocenters. The lowest BCUT2D eigenvalue weighted by molar-refractivity contribution is -0.137. The summed E-state index contributed by atoms with van der Waals surface area (Å²) in [4.78, 5) is 3.49. The first-order valence-corrected chi connectivity index (χ1v) is 10.4. The summed E-state index contributed by atoms with van der Waals surface area (Å²) in [5, 5.41) is 0. The number of halogens is 3. The van der Waals surface area contributed by atoms with Gasteiger partial charge in [0.25, 0.3) is 0 Å². The van der Waals surface area contributed by atoms with Crippen molar-refractivity contribution >= 4 is 15.8 Å². The Bertz CT molecular complexity index is 1180. The molecule has 2 aromatic carbocycles. The van der Waals surface area contributed by atoms with Gasteiger partial charge in [-0.25, -0.2) is 18.1 Å². The maximum Gasteiger partial charge on any atom is 0.416 e. The van der Waals surface area contributed by atoms with Crippen molar-refractivity contribution in [3.05, 3.63) is 78.0 Å². The van der Waals surface area contributed by atoms with Crippen LogP contribution in [0.4, 0.5) is 19.0 Å². The number of alkyl halides is 3. The van der Waals surface area contributed by atoms with Gasteiger partial charge < -0.3 is 5.73 Å². The number of aromatic nitrogens is 1. The highest BCUT2D eigenvalue weighted by Gasteiger charge is 2.33. The number of benzene rings is 2. The van der Waals surface area contributed by atoms with Crippen LogP contribution in [0.2, 0.25) is 0 Å². The van der Waals surface area contributed by atoms with Gasteiger partial charge in [-0.2, -0.15) is 13.2 Å². The highest BCUT2D eigenvalue weighted by Crippen LogP contribution is 2.32. The van der Waals surface area contributed by atoms with Crippen molar-refractivity contribution in [3.8, 4) is 11.1 Å². The fraction of sp³-hybridized carbons (Fsp3) is 0.190. The minimum Gasteiger partial charge on any atom is -0.384 e. The second-order valence-corrected chi connectivity index (χ2v) is 8.99. The van der Waals surface area contributed by atoms with E-state index in [4.69, 9.17) is 5.73 Å². The molecule has 158 valence electrons. The Morgan fingerprint density at radius 3 is 2.20 bits per heavy atom. The van der Waals surface area contributed by atoms with Gasteiger partial charge in [0.2, 0.25) is 10.0 Å². The third kappa shape index (κ3) is 4.80. The summed E-state index contributed by atoms with van der Waals surface area (Å²) in [5.74, 6) is 0.349. The predicted molar refractivity (Wildman–Crippen MR) is 109 cm³/mol. The summed E-state index contributed by atoms with van der Waals surface area (Å²) in [7, 11) is -4.21. The molecule has 3 N–H and O–H groups in total. The molecule has 0 fully saturated rings. The molecule has 0 amide bonds. The summed E-state index contributed by atoms with van der Waals surface area (Å²) in [6, 6.07) is 14.3. The molecular formula is C21H20F3N3O2S. The fourth-order valence-electron chi connectivity index (χ4n) is 3.01. The van der Waals surface area contributed by atoms with E-state index in [9.17, 15) is 21.6 Å². The summed E-state index contributed by atoms with van der Waals surface area (Å²) in [5.41, 5.74) is 5.84. The molecule has 0 aliphatic heterocycles. The van der Waals surface area contributed by atoms with Crippen LogP contribution in [0.3, 0.4) is 0 Å². The Hall–Kier alpha value is -2.91. The maximum atomic E-state index is 13.0. The van der Waals surface area contributed by atoms with E-state index in [1.54, 1.807) is 50.4 Å². The maximum absolute atomic E-state index is 13.0. The quantitative estimate of drug-likeness (QED) is 0.615. The minimum atomic E-state index is -4.64. The van der Waals surface area contributed by atoms with Crippen LogP contribution < -0.4 is 10.5 Å². The standard InChI is InChI=1S/C21H20F3N3O2S/c1-20(2,16-6-3-5-14(11-16)15-9-10-26-19(25)12-15)27-30(28,29)18-8-4-7-17(13-18)21(22,23)24/h3-13,27H,1-2H3,(H2,25,26). The summed E-state index contributed by atoms with van der Waals surface area (Å²) in [6.07, 6.45) is -3.07. The van der Waals surface area contributed by atoms with Crippen LogP contribution in [-0.2, 0) is 21.7 Å². The number of nitrogens with zero attached hydrogens (tertiary/aromatic N) is 1.